The highest BCUT2D eigenvalue weighted by atomic mass is 79.9. The number of carbonyl (C=O) groups excluding carboxylic acids is 1. The molecule has 4 nitrogen and oxygen atoms in total. The van der Waals surface area contributed by atoms with Crippen molar-refractivity contribution >= 4 is 22.0 Å². The first kappa shape index (κ1) is 16.0. The zero-order valence-electron chi connectivity index (χ0n) is 11.4. The smallest absolute Gasteiger partial charge is 0.315 e. The van der Waals surface area contributed by atoms with E-state index < -0.39 is 0 Å². The fourth-order valence-electron chi connectivity index (χ4n) is 1.56. The summed E-state index contributed by atoms with van der Waals surface area (Å²) in [6, 6.07) is 7.62. The Hall–Kier alpha value is -1.07. The van der Waals surface area contributed by atoms with Gasteiger partial charge in [-0.25, -0.2) is 4.79 Å². The quantitative estimate of drug-likeness (QED) is 0.751. The number of hydrogen-bond acceptors (Lipinski definition) is 2. The average molecular weight is 329 g/mol. The zero-order chi connectivity index (χ0) is 14.3. The van der Waals surface area contributed by atoms with E-state index in [1.165, 1.54) is 0 Å². The lowest BCUT2D eigenvalue weighted by atomic mass is 9.90. The van der Waals surface area contributed by atoms with Crippen molar-refractivity contribution in [1.82, 2.24) is 10.6 Å². The van der Waals surface area contributed by atoms with E-state index in [-0.39, 0.29) is 18.1 Å². The van der Waals surface area contributed by atoms with Gasteiger partial charge in [0.25, 0.3) is 0 Å². The molecule has 0 spiro atoms. The van der Waals surface area contributed by atoms with Gasteiger partial charge in [0, 0.05) is 24.2 Å². The Labute approximate surface area is 122 Å². The van der Waals surface area contributed by atoms with Gasteiger partial charge >= 0.3 is 6.03 Å². The van der Waals surface area contributed by atoms with Crippen LogP contribution >= 0.6 is 15.9 Å². The average Bonchev–Trinajstić information content (AvgIpc) is 2.36. The highest BCUT2D eigenvalue weighted by Gasteiger charge is 2.17. The minimum absolute atomic E-state index is 0.0936. The van der Waals surface area contributed by atoms with Crippen molar-refractivity contribution < 1.29 is 9.90 Å². The van der Waals surface area contributed by atoms with Gasteiger partial charge in [0.2, 0.25) is 0 Å². The topological polar surface area (TPSA) is 61.4 Å². The molecule has 0 aliphatic carbocycles. The molecule has 1 aromatic carbocycles. The van der Waals surface area contributed by atoms with Gasteiger partial charge in [-0.05, 0) is 29.5 Å². The number of carbonyl (C=O) groups is 1. The van der Waals surface area contributed by atoms with Crippen molar-refractivity contribution in [2.45, 2.75) is 26.8 Å². The first-order valence-corrected chi connectivity index (χ1v) is 7.09. The highest BCUT2D eigenvalue weighted by molar-refractivity contribution is 9.10. The van der Waals surface area contributed by atoms with Gasteiger partial charge in [-0.15, -0.1) is 0 Å². The Bertz CT molecular complexity index is 404. The standard InChI is InChI=1S/C14H21BrN2O2/c1-14(2,7-8-18)10-17-13(19)16-9-11-3-5-12(15)6-4-11/h3-6,18H,7-10H2,1-2H3,(H2,16,17,19). The number of aliphatic hydroxyl groups is 1. The lowest BCUT2D eigenvalue weighted by Crippen LogP contribution is -2.40. The van der Waals surface area contributed by atoms with Gasteiger partial charge in [0.1, 0.15) is 0 Å². The number of hydrogen-bond donors (Lipinski definition) is 3. The molecule has 0 aliphatic heterocycles. The number of aliphatic hydroxyl groups excluding tert-OH is 1. The van der Waals surface area contributed by atoms with Crippen molar-refractivity contribution in [3.05, 3.63) is 34.3 Å². The SMILES string of the molecule is CC(C)(CCO)CNC(=O)NCc1ccc(Br)cc1. The summed E-state index contributed by atoms with van der Waals surface area (Å²) in [6.07, 6.45) is 0.667. The van der Waals surface area contributed by atoms with Crippen molar-refractivity contribution in [3.63, 3.8) is 0 Å². The van der Waals surface area contributed by atoms with Gasteiger partial charge in [-0.1, -0.05) is 41.9 Å². The molecule has 0 atom stereocenters. The molecule has 19 heavy (non-hydrogen) atoms. The van der Waals surface area contributed by atoms with E-state index in [0.29, 0.717) is 19.5 Å². The van der Waals surface area contributed by atoms with Gasteiger partial charge < -0.3 is 15.7 Å². The number of urea groups is 1. The van der Waals surface area contributed by atoms with E-state index in [1.807, 2.05) is 38.1 Å². The largest absolute Gasteiger partial charge is 0.396 e. The lowest BCUT2D eigenvalue weighted by Gasteiger charge is -2.23. The number of amides is 2. The normalized spacial score (nSPS) is 11.2. The van der Waals surface area contributed by atoms with Crippen molar-refractivity contribution in [3.8, 4) is 0 Å². The first-order chi connectivity index (χ1) is 8.93. The Morgan fingerprint density at radius 2 is 1.89 bits per heavy atom. The van der Waals surface area contributed by atoms with Crippen LogP contribution in [0.5, 0.6) is 0 Å². The summed E-state index contributed by atoms with van der Waals surface area (Å²) in [5.74, 6) is 0. The van der Waals surface area contributed by atoms with Crippen molar-refractivity contribution in [2.75, 3.05) is 13.2 Å². The van der Waals surface area contributed by atoms with Crippen LogP contribution in [0.1, 0.15) is 25.8 Å². The van der Waals surface area contributed by atoms with E-state index in [9.17, 15) is 4.79 Å². The molecule has 0 radical (unpaired) electrons. The Morgan fingerprint density at radius 3 is 2.47 bits per heavy atom. The molecule has 0 fully saturated rings. The summed E-state index contributed by atoms with van der Waals surface area (Å²) >= 11 is 3.37. The molecule has 0 aromatic heterocycles. The Balaban J connectivity index is 2.30. The van der Waals surface area contributed by atoms with Crippen LogP contribution in [-0.4, -0.2) is 24.3 Å². The molecular formula is C14H21BrN2O2. The molecule has 106 valence electrons. The molecule has 2 amide bonds. The Morgan fingerprint density at radius 1 is 1.26 bits per heavy atom. The molecule has 0 saturated heterocycles. The van der Waals surface area contributed by atoms with Crippen LogP contribution in [0.3, 0.4) is 0 Å². The van der Waals surface area contributed by atoms with Crippen LogP contribution in [0, 0.1) is 5.41 Å². The van der Waals surface area contributed by atoms with E-state index in [0.717, 1.165) is 10.0 Å². The van der Waals surface area contributed by atoms with E-state index in [4.69, 9.17) is 5.11 Å². The summed E-state index contributed by atoms with van der Waals surface area (Å²) in [6.45, 7) is 5.20. The predicted molar refractivity (Wildman–Crippen MR) is 79.9 cm³/mol. The number of halogens is 1. The van der Waals surface area contributed by atoms with E-state index in [2.05, 4.69) is 26.6 Å². The van der Waals surface area contributed by atoms with Crippen LogP contribution in [0.15, 0.2) is 28.7 Å². The summed E-state index contributed by atoms with van der Waals surface area (Å²) in [4.78, 5) is 11.6. The number of rotatable bonds is 6. The van der Waals surface area contributed by atoms with Crippen LogP contribution in [0.2, 0.25) is 0 Å². The Kier molecular flexibility index (Phi) is 6.31. The minimum Gasteiger partial charge on any atom is -0.396 e. The molecule has 3 N–H and O–H groups in total. The monoisotopic (exact) mass is 328 g/mol. The molecule has 1 aromatic rings. The summed E-state index contributed by atoms with van der Waals surface area (Å²) in [7, 11) is 0. The molecular weight excluding hydrogens is 308 g/mol. The third-order valence-corrected chi connectivity index (χ3v) is 3.41. The summed E-state index contributed by atoms with van der Waals surface area (Å²) < 4.78 is 1.02. The van der Waals surface area contributed by atoms with Crippen LogP contribution in [-0.2, 0) is 6.54 Å². The second kappa shape index (κ2) is 7.50. The maximum absolute atomic E-state index is 11.6. The van der Waals surface area contributed by atoms with Gasteiger partial charge in [-0.3, -0.25) is 0 Å². The molecule has 1 rings (SSSR count). The van der Waals surface area contributed by atoms with Crippen molar-refractivity contribution in [1.29, 1.82) is 0 Å². The van der Waals surface area contributed by atoms with Gasteiger partial charge in [0.05, 0.1) is 0 Å². The predicted octanol–water partition coefficient (Wildman–Crippen LogP) is 2.66. The fraction of sp³-hybridized carbons (Fsp3) is 0.500. The highest BCUT2D eigenvalue weighted by Crippen LogP contribution is 2.17. The summed E-state index contributed by atoms with van der Waals surface area (Å²) in [5.41, 5.74) is 0.955. The van der Waals surface area contributed by atoms with Gasteiger partial charge in [-0.2, -0.15) is 0 Å². The zero-order valence-corrected chi connectivity index (χ0v) is 13.0. The third kappa shape index (κ3) is 6.59. The summed E-state index contributed by atoms with van der Waals surface area (Å²) in [5, 5.41) is 14.5. The first-order valence-electron chi connectivity index (χ1n) is 6.30. The number of benzene rings is 1. The minimum atomic E-state index is -0.186. The van der Waals surface area contributed by atoms with E-state index in [1.54, 1.807) is 0 Å². The maximum Gasteiger partial charge on any atom is 0.315 e. The van der Waals surface area contributed by atoms with E-state index >= 15 is 0 Å². The maximum atomic E-state index is 11.6. The molecule has 0 heterocycles. The third-order valence-electron chi connectivity index (χ3n) is 2.88. The molecule has 5 heteroatoms. The van der Waals surface area contributed by atoms with Crippen molar-refractivity contribution in [2.24, 2.45) is 5.41 Å². The fourth-order valence-corrected chi connectivity index (χ4v) is 1.82. The molecule has 0 saturated carbocycles. The molecule has 0 aliphatic rings. The molecule has 0 bridgehead atoms. The van der Waals surface area contributed by atoms with Gasteiger partial charge in [0.15, 0.2) is 0 Å². The lowest BCUT2D eigenvalue weighted by molar-refractivity contribution is 0.201. The second-order valence-corrected chi connectivity index (χ2v) is 6.22. The second-order valence-electron chi connectivity index (χ2n) is 5.30. The molecule has 0 unspecified atom stereocenters. The van der Waals surface area contributed by atoms with Crippen LogP contribution < -0.4 is 10.6 Å². The van der Waals surface area contributed by atoms with Crippen LogP contribution in [0.25, 0.3) is 0 Å². The number of nitrogens with one attached hydrogen (secondary N) is 2. The van der Waals surface area contributed by atoms with Crippen LogP contribution in [0.4, 0.5) is 4.79 Å².